The zero-order valence-electron chi connectivity index (χ0n) is 17.4. The Bertz CT molecular complexity index is 1030. The van der Waals surface area contributed by atoms with Crippen molar-refractivity contribution in [2.24, 2.45) is 0 Å². The van der Waals surface area contributed by atoms with Gasteiger partial charge in [-0.05, 0) is 25.8 Å². The van der Waals surface area contributed by atoms with Gasteiger partial charge in [-0.3, -0.25) is 10.1 Å². The van der Waals surface area contributed by atoms with Crippen LogP contribution in [0.5, 0.6) is 5.75 Å². The Morgan fingerprint density at radius 3 is 2.58 bits per heavy atom. The lowest BCUT2D eigenvalue weighted by molar-refractivity contribution is 0.0817. The van der Waals surface area contributed by atoms with Crippen LogP contribution in [0.3, 0.4) is 0 Å². The van der Waals surface area contributed by atoms with Gasteiger partial charge in [0.1, 0.15) is 0 Å². The second-order valence-corrected chi connectivity index (χ2v) is 7.72. The topological polar surface area (TPSA) is 143 Å². The standard InChI is InChI=1S/C19H24N6O5S/c1-11(4-7-20)21-18-23-24-19(31-18)22-16(26)14-10-13(15(29-3)17(27)30-14)25-8-5-12(28-2)6-9-25/h4,7,10,12,20H,5-6,8-9H2,1-3H3,(H,21,23)(H,22,24,26)/b11-4-,20-7?. The maximum atomic E-state index is 12.7. The van der Waals surface area contributed by atoms with Gasteiger partial charge >= 0.3 is 5.63 Å². The first-order valence-electron chi connectivity index (χ1n) is 9.54. The number of anilines is 3. The number of piperidine rings is 1. The first kappa shape index (κ1) is 22.4. The number of nitrogens with zero attached hydrogens (tertiary/aromatic N) is 3. The Balaban J connectivity index is 1.78. The van der Waals surface area contributed by atoms with Crippen LogP contribution in [0.15, 0.2) is 27.1 Å². The molecule has 166 valence electrons. The highest BCUT2D eigenvalue weighted by Crippen LogP contribution is 2.30. The van der Waals surface area contributed by atoms with Gasteiger partial charge in [-0.25, -0.2) is 4.79 Å². The van der Waals surface area contributed by atoms with E-state index in [1.54, 1.807) is 20.1 Å². The van der Waals surface area contributed by atoms with Crippen molar-refractivity contribution in [1.29, 1.82) is 5.41 Å². The Hall–Kier alpha value is -3.25. The summed E-state index contributed by atoms with van der Waals surface area (Å²) in [4.78, 5) is 27.1. The Morgan fingerprint density at radius 2 is 1.97 bits per heavy atom. The average Bonchev–Trinajstić information content (AvgIpc) is 3.19. The first-order chi connectivity index (χ1) is 14.9. The second kappa shape index (κ2) is 10.2. The largest absolute Gasteiger partial charge is 0.488 e. The van der Waals surface area contributed by atoms with Crippen molar-refractivity contribution in [3.63, 3.8) is 0 Å². The van der Waals surface area contributed by atoms with Gasteiger partial charge in [0.05, 0.1) is 18.9 Å². The molecule has 0 aromatic carbocycles. The lowest BCUT2D eigenvalue weighted by Gasteiger charge is -2.33. The maximum absolute atomic E-state index is 12.7. The molecule has 3 rings (SSSR count). The Morgan fingerprint density at radius 1 is 1.29 bits per heavy atom. The molecule has 1 aliphatic rings. The second-order valence-electron chi connectivity index (χ2n) is 6.75. The van der Waals surface area contributed by atoms with Crippen molar-refractivity contribution < 1.29 is 18.7 Å². The van der Waals surface area contributed by atoms with E-state index in [0.717, 1.165) is 30.4 Å². The number of carbonyl (C=O) groups excluding carboxylic acids is 1. The highest BCUT2D eigenvalue weighted by Gasteiger charge is 2.25. The maximum Gasteiger partial charge on any atom is 0.381 e. The number of nitrogens with one attached hydrogen (secondary N) is 3. The van der Waals surface area contributed by atoms with Crippen LogP contribution < -0.4 is 25.9 Å². The third-order valence-electron chi connectivity index (χ3n) is 4.72. The monoisotopic (exact) mass is 448 g/mol. The molecule has 0 bridgehead atoms. The molecule has 11 nitrogen and oxygen atoms in total. The summed E-state index contributed by atoms with van der Waals surface area (Å²) >= 11 is 1.11. The number of allylic oxidation sites excluding steroid dienone is 2. The third-order valence-corrected chi connectivity index (χ3v) is 5.47. The third kappa shape index (κ3) is 5.47. The van der Waals surface area contributed by atoms with Crippen LogP contribution in [-0.2, 0) is 4.74 Å². The van der Waals surface area contributed by atoms with Crippen LogP contribution in [0, 0.1) is 5.41 Å². The van der Waals surface area contributed by atoms with Crippen LogP contribution in [-0.4, -0.2) is 55.7 Å². The van der Waals surface area contributed by atoms with Crippen molar-refractivity contribution in [3.05, 3.63) is 34.0 Å². The first-order valence-corrected chi connectivity index (χ1v) is 10.4. The summed E-state index contributed by atoms with van der Waals surface area (Å²) in [5.41, 5.74) is 0.476. The molecule has 0 saturated carbocycles. The van der Waals surface area contributed by atoms with E-state index >= 15 is 0 Å². The lowest BCUT2D eigenvalue weighted by atomic mass is 10.1. The molecule has 12 heteroatoms. The number of amides is 1. The smallest absolute Gasteiger partial charge is 0.381 e. The molecule has 1 fully saturated rings. The minimum atomic E-state index is -0.731. The van der Waals surface area contributed by atoms with Gasteiger partial charge in [0, 0.05) is 38.2 Å². The molecular formula is C19H24N6O5S. The predicted octanol–water partition coefficient (Wildman–Crippen LogP) is 2.33. The van der Waals surface area contributed by atoms with Crippen molar-refractivity contribution in [2.75, 3.05) is 42.8 Å². The number of hydrogen-bond acceptors (Lipinski definition) is 11. The molecule has 0 aliphatic carbocycles. The summed E-state index contributed by atoms with van der Waals surface area (Å²) in [6.07, 6.45) is 4.47. The fourth-order valence-electron chi connectivity index (χ4n) is 3.16. The summed E-state index contributed by atoms with van der Waals surface area (Å²) in [7, 11) is 3.07. The molecule has 1 aliphatic heterocycles. The normalized spacial score (nSPS) is 14.9. The molecule has 0 atom stereocenters. The number of hydrogen-bond donors (Lipinski definition) is 3. The molecule has 2 aromatic heterocycles. The molecule has 2 aromatic rings. The van der Waals surface area contributed by atoms with Crippen molar-refractivity contribution in [2.45, 2.75) is 25.9 Å². The average molecular weight is 449 g/mol. The molecule has 3 heterocycles. The van der Waals surface area contributed by atoms with E-state index in [1.165, 1.54) is 13.2 Å². The van der Waals surface area contributed by atoms with Crippen LogP contribution in [0.1, 0.15) is 30.3 Å². The summed E-state index contributed by atoms with van der Waals surface area (Å²) in [6, 6.07) is 1.50. The molecule has 1 saturated heterocycles. The van der Waals surface area contributed by atoms with E-state index in [9.17, 15) is 9.59 Å². The number of rotatable bonds is 8. The molecule has 0 spiro atoms. The molecule has 3 N–H and O–H groups in total. The minimum absolute atomic E-state index is 0.0586. The van der Waals surface area contributed by atoms with E-state index in [0.29, 0.717) is 29.6 Å². The van der Waals surface area contributed by atoms with E-state index in [-0.39, 0.29) is 22.7 Å². The molecule has 31 heavy (non-hydrogen) atoms. The quantitative estimate of drug-likeness (QED) is 0.518. The van der Waals surface area contributed by atoms with E-state index < -0.39 is 11.5 Å². The Kier molecular flexibility index (Phi) is 7.36. The fraction of sp³-hybridized carbons (Fsp3) is 0.421. The van der Waals surface area contributed by atoms with Gasteiger partial charge in [0.2, 0.25) is 16.0 Å². The van der Waals surface area contributed by atoms with Gasteiger partial charge in [-0.1, -0.05) is 11.3 Å². The fourth-order valence-corrected chi connectivity index (χ4v) is 3.86. The molecule has 1 amide bonds. The van der Waals surface area contributed by atoms with Gasteiger partial charge in [0.25, 0.3) is 5.91 Å². The van der Waals surface area contributed by atoms with Crippen LogP contribution in [0.25, 0.3) is 0 Å². The van der Waals surface area contributed by atoms with Crippen molar-refractivity contribution in [1.82, 2.24) is 10.2 Å². The number of ether oxygens (including phenoxy) is 2. The van der Waals surface area contributed by atoms with E-state index in [1.807, 2.05) is 4.90 Å². The number of methoxy groups -OCH3 is 2. The van der Waals surface area contributed by atoms with E-state index in [4.69, 9.17) is 19.3 Å². The summed E-state index contributed by atoms with van der Waals surface area (Å²) < 4.78 is 15.8. The van der Waals surface area contributed by atoms with Gasteiger partial charge in [-0.15, -0.1) is 10.2 Å². The van der Waals surface area contributed by atoms with Crippen molar-refractivity contribution >= 4 is 39.4 Å². The molecular weight excluding hydrogens is 424 g/mol. The highest BCUT2D eigenvalue weighted by atomic mass is 32.1. The number of aromatic nitrogens is 2. The van der Waals surface area contributed by atoms with Crippen LogP contribution >= 0.6 is 11.3 Å². The zero-order chi connectivity index (χ0) is 22.4. The summed E-state index contributed by atoms with van der Waals surface area (Å²) in [5, 5.41) is 21.1. The lowest BCUT2D eigenvalue weighted by Crippen LogP contribution is -2.37. The summed E-state index contributed by atoms with van der Waals surface area (Å²) in [6.45, 7) is 3.09. The van der Waals surface area contributed by atoms with Gasteiger partial charge in [0.15, 0.2) is 5.76 Å². The zero-order valence-corrected chi connectivity index (χ0v) is 18.2. The van der Waals surface area contributed by atoms with E-state index in [2.05, 4.69) is 20.8 Å². The SMILES string of the molecule is COc1c(N2CCC(OC)CC2)cc(C(=O)Nc2nnc(N/C(C)=C\C=N)s2)oc1=O. The predicted molar refractivity (Wildman–Crippen MR) is 118 cm³/mol. The number of carbonyl (C=O) groups is 1. The van der Waals surface area contributed by atoms with Crippen molar-refractivity contribution in [3.8, 4) is 5.75 Å². The van der Waals surface area contributed by atoms with Gasteiger partial charge in [-0.2, -0.15) is 0 Å². The van der Waals surface area contributed by atoms with Gasteiger partial charge < -0.3 is 29.5 Å². The highest BCUT2D eigenvalue weighted by molar-refractivity contribution is 7.19. The molecule has 0 unspecified atom stereocenters. The van der Waals surface area contributed by atoms with Crippen LogP contribution in [0.4, 0.5) is 16.0 Å². The molecule has 0 radical (unpaired) electrons. The Labute approximate surface area is 182 Å². The summed E-state index contributed by atoms with van der Waals surface area (Å²) in [5.74, 6) is -0.718. The minimum Gasteiger partial charge on any atom is -0.488 e. The van der Waals surface area contributed by atoms with Crippen LogP contribution in [0.2, 0.25) is 0 Å².